The van der Waals surface area contributed by atoms with Crippen molar-refractivity contribution in [1.29, 1.82) is 0 Å². The van der Waals surface area contributed by atoms with Gasteiger partial charge in [0, 0.05) is 13.1 Å². The van der Waals surface area contributed by atoms with Crippen LogP contribution in [-0.4, -0.2) is 50.8 Å². The molecular weight excluding hydrogens is 314 g/mol. The second-order valence-electron chi connectivity index (χ2n) is 5.15. The van der Waals surface area contributed by atoms with Crippen LogP contribution >= 0.6 is 0 Å². The summed E-state index contributed by atoms with van der Waals surface area (Å²) in [6.45, 7) is 1.80. The van der Waals surface area contributed by atoms with Gasteiger partial charge in [0.25, 0.3) is 0 Å². The van der Waals surface area contributed by atoms with Crippen LogP contribution in [-0.2, 0) is 19.9 Å². The first kappa shape index (κ1) is 16.4. The van der Waals surface area contributed by atoms with Crippen LogP contribution in [0.5, 0.6) is 0 Å². The standard InChI is InChI=1S/C13H19NO5S2/c1-11(15)12-3-5-13(6-4-12)21(18,19)14-7-2-9-20(16,17)10-8-14/h3-6,11,15H,2,7-10H2,1H3. The zero-order valence-corrected chi connectivity index (χ0v) is 13.4. The van der Waals surface area contributed by atoms with Crippen molar-refractivity contribution < 1.29 is 21.9 Å². The number of rotatable bonds is 3. The monoisotopic (exact) mass is 333 g/mol. The summed E-state index contributed by atoms with van der Waals surface area (Å²) in [5.41, 5.74) is 0.632. The molecule has 21 heavy (non-hydrogen) atoms. The number of sulfone groups is 1. The summed E-state index contributed by atoms with van der Waals surface area (Å²) in [6.07, 6.45) is -0.349. The summed E-state index contributed by atoms with van der Waals surface area (Å²) in [5.74, 6) is -0.113. The van der Waals surface area contributed by atoms with E-state index in [4.69, 9.17) is 0 Å². The fraction of sp³-hybridized carbons (Fsp3) is 0.538. The molecule has 0 radical (unpaired) electrons. The summed E-state index contributed by atoms with van der Waals surface area (Å²) in [4.78, 5) is 0.117. The number of sulfonamides is 1. The maximum absolute atomic E-state index is 12.5. The van der Waals surface area contributed by atoms with E-state index < -0.39 is 26.0 Å². The van der Waals surface area contributed by atoms with Crippen LogP contribution in [0.4, 0.5) is 0 Å². The van der Waals surface area contributed by atoms with Crippen LogP contribution in [0.25, 0.3) is 0 Å². The number of aliphatic hydroxyl groups is 1. The summed E-state index contributed by atoms with van der Waals surface area (Å²) in [5, 5.41) is 9.43. The van der Waals surface area contributed by atoms with Gasteiger partial charge in [-0.1, -0.05) is 12.1 Å². The van der Waals surface area contributed by atoms with Crippen molar-refractivity contribution in [2.75, 3.05) is 24.6 Å². The van der Waals surface area contributed by atoms with Crippen LogP contribution < -0.4 is 0 Å². The van der Waals surface area contributed by atoms with Gasteiger partial charge >= 0.3 is 0 Å². The van der Waals surface area contributed by atoms with Gasteiger partial charge in [0.15, 0.2) is 9.84 Å². The Morgan fingerprint density at radius 2 is 1.76 bits per heavy atom. The van der Waals surface area contributed by atoms with Crippen molar-refractivity contribution in [2.24, 2.45) is 0 Å². The smallest absolute Gasteiger partial charge is 0.243 e. The molecule has 1 aliphatic heterocycles. The molecule has 1 saturated heterocycles. The van der Waals surface area contributed by atoms with Crippen molar-refractivity contribution >= 4 is 19.9 Å². The molecule has 1 aromatic rings. The van der Waals surface area contributed by atoms with Crippen molar-refractivity contribution in [3.63, 3.8) is 0 Å². The maximum atomic E-state index is 12.5. The normalized spacial score (nSPS) is 21.6. The number of nitrogens with zero attached hydrogens (tertiary/aromatic N) is 1. The molecule has 118 valence electrons. The Balaban J connectivity index is 2.25. The van der Waals surface area contributed by atoms with Gasteiger partial charge in [-0.2, -0.15) is 4.31 Å². The Morgan fingerprint density at radius 3 is 2.33 bits per heavy atom. The van der Waals surface area contributed by atoms with Gasteiger partial charge in [0.05, 0.1) is 22.5 Å². The number of aliphatic hydroxyl groups excluding tert-OH is 1. The van der Waals surface area contributed by atoms with E-state index in [1.54, 1.807) is 19.1 Å². The van der Waals surface area contributed by atoms with Crippen LogP contribution in [0.3, 0.4) is 0 Å². The molecule has 1 N–H and O–H groups in total. The fourth-order valence-corrected chi connectivity index (χ4v) is 5.09. The van der Waals surface area contributed by atoms with Gasteiger partial charge in [-0.25, -0.2) is 16.8 Å². The summed E-state index contributed by atoms with van der Waals surface area (Å²) in [7, 11) is -6.84. The van der Waals surface area contributed by atoms with E-state index in [1.165, 1.54) is 16.4 Å². The molecule has 0 amide bonds. The molecule has 0 saturated carbocycles. The molecule has 1 fully saturated rings. The zero-order chi connectivity index (χ0) is 15.7. The molecule has 2 rings (SSSR count). The summed E-state index contributed by atoms with van der Waals surface area (Å²) in [6, 6.07) is 6.01. The average molecular weight is 333 g/mol. The highest BCUT2D eigenvalue weighted by atomic mass is 32.2. The lowest BCUT2D eigenvalue weighted by atomic mass is 10.1. The molecule has 8 heteroatoms. The first-order valence-electron chi connectivity index (χ1n) is 6.71. The molecule has 0 bridgehead atoms. The van der Waals surface area contributed by atoms with Crippen LogP contribution in [0.15, 0.2) is 29.2 Å². The maximum Gasteiger partial charge on any atom is 0.243 e. The molecule has 1 heterocycles. The van der Waals surface area contributed by atoms with Crippen LogP contribution in [0.2, 0.25) is 0 Å². The van der Waals surface area contributed by atoms with E-state index in [9.17, 15) is 21.9 Å². The highest BCUT2D eigenvalue weighted by Gasteiger charge is 2.28. The summed E-state index contributed by atoms with van der Waals surface area (Å²) < 4.78 is 49.3. The van der Waals surface area contributed by atoms with Crippen LogP contribution in [0, 0.1) is 0 Å². The first-order valence-corrected chi connectivity index (χ1v) is 9.97. The third-order valence-electron chi connectivity index (χ3n) is 3.51. The SMILES string of the molecule is CC(O)c1ccc(S(=O)(=O)N2CCCS(=O)(=O)CC2)cc1. The fourth-order valence-electron chi connectivity index (χ4n) is 2.22. The van der Waals surface area contributed by atoms with Gasteiger partial charge in [0.1, 0.15) is 0 Å². The van der Waals surface area contributed by atoms with E-state index in [0.29, 0.717) is 12.0 Å². The van der Waals surface area contributed by atoms with Crippen molar-refractivity contribution in [3.05, 3.63) is 29.8 Å². The Morgan fingerprint density at radius 1 is 1.14 bits per heavy atom. The van der Waals surface area contributed by atoms with E-state index in [-0.39, 0.29) is 29.5 Å². The predicted molar refractivity (Wildman–Crippen MR) is 79.1 cm³/mol. The van der Waals surface area contributed by atoms with Gasteiger partial charge in [0.2, 0.25) is 10.0 Å². The lowest BCUT2D eigenvalue weighted by Gasteiger charge is -2.19. The van der Waals surface area contributed by atoms with E-state index in [2.05, 4.69) is 0 Å². The van der Waals surface area contributed by atoms with Gasteiger partial charge in [-0.3, -0.25) is 0 Å². The molecule has 0 aliphatic carbocycles. The topological polar surface area (TPSA) is 91.8 Å². The van der Waals surface area contributed by atoms with Crippen molar-refractivity contribution in [3.8, 4) is 0 Å². The molecule has 6 nitrogen and oxygen atoms in total. The second kappa shape index (κ2) is 6.04. The first-order chi connectivity index (χ1) is 9.72. The number of hydrogen-bond acceptors (Lipinski definition) is 5. The lowest BCUT2D eigenvalue weighted by Crippen LogP contribution is -2.33. The molecule has 0 spiro atoms. The third kappa shape index (κ3) is 3.82. The number of hydrogen-bond donors (Lipinski definition) is 1. The minimum Gasteiger partial charge on any atom is -0.389 e. The second-order valence-corrected chi connectivity index (χ2v) is 9.40. The third-order valence-corrected chi connectivity index (χ3v) is 7.14. The van der Waals surface area contributed by atoms with E-state index >= 15 is 0 Å². The molecule has 1 aliphatic rings. The van der Waals surface area contributed by atoms with Gasteiger partial charge in [-0.15, -0.1) is 0 Å². The van der Waals surface area contributed by atoms with Crippen molar-refractivity contribution in [1.82, 2.24) is 4.31 Å². The number of benzene rings is 1. The molecule has 1 aromatic carbocycles. The molecule has 1 atom stereocenters. The van der Waals surface area contributed by atoms with Gasteiger partial charge < -0.3 is 5.11 Å². The lowest BCUT2D eigenvalue weighted by molar-refractivity contribution is 0.199. The molecule has 0 aromatic heterocycles. The van der Waals surface area contributed by atoms with E-state index in [1.807, 2.05) is 0 Å². The summed E-state index contributed by atoms with van der Waals surface area (Å²) >= 11 is 0. The average Bonchev–Trinajstić information content (AvgIpc) is 2.60. The quantitative estimate of drug-likeness (QED) is 0.872. The Labute approximate surface area is 125 Å². The minimum absolute atomic E-state index is 0.0111. The predicted octanol–water partition coefficient (Wildman–Crippen LogP) is 0.549. The molecular formula is C13H19NO5S2. The Bertz CT molecular complexity index is 693. The largest absolute Gasteiger partial charge is 0.389 e. The van der Waals surface area contributed by atoms with Crippen LogP contribution in [0.1, 0.15) is 25.0 Å². The Hall–Kier alpha value is -0.960. The van der Waals surface area contributed by atoms with Crippen molar-refractivity contribution in [2.45, 2.75) is 24.3 Å². The minimum atomic E-state index is -3.69. The van der Waals surface area contributed by atoms with E-state index in [0.717, 1.165) is 0 Å². The Kier molecular flexibility index (Phi) is 4.72. The highest BCUT2D eigenvalue weighted by Crippen LogP contribution is 2.20. The molecule has 1 unspecified atom stereocenters. The van der Waals surface area contributed by atoms with Gasteiger partial charge in [-0.05, 0) is 31.0 Å². The highest BCUT2D eigenvalue weighted by molar-refractivity contribution is 7.91. The zero-order valence-electron chi connectivity index (χ0n) is 11.8.